The summed E-state index contributed by atoms with van der Waals surface area (Å²) in [5.41, 5.74) is 2.06. The predicted octanol–water partition coefficient (Wildman–Crippen LogP) is 3.63. The summed E-state index contributed by atoms with van der Waals surface area (Å²) >= 11 is 0. The molecule has 2 rings (SSSR count). The van der Waals surface area contributed by atoms with Gasteiger partial charge in [0, 0.05) is 17.1 Å². The molecule has 1 heterocycles. The summed E-state index contributed by atoms with van der Waals surface area (Å²) in [7, 11) is 0. The Bertz CT molecular complexity index is 489. The van der Waals surface area contributed by atoms with Crippen molar-refractivity contribution in [2.24, 2.45) is 0 Å². The van der Waals surface area contributed by atoms with E-state index in [0.29, 0.717) is 0 Å². The lowest BCUT2D eigenvalue weighted by molar-refractivity contribution is 1.41. The zero-order chi connectivity index (χ0) is 11.1. The van der Waals surface area contributed by atoms with Crippen molar-refractivity contribution in [3.63, 3.8) is 0 Å². The number of hydrogen-bond donors (Lipinski definition) is 0. The molecule has 76 valence electrons. The number of rotatable bonds is 0. The van der Waals surface area contributed by atoms with E-state index in [1.165, 1.54) is 0 Å². The molecule has 0 spiro atoms. The van der Waals surface area contributed by atoms with Crippen LogP contribution in [0.25, 0.3) is 10.9 Å². The van der Waals surface area contributed by atoms with E-state index < -0.39 is 0 Å². The fourth-order valence-electron chi connectivity index (χ4n) is 1.30. The Morgan fingerprint density at radius 3 is 2.67 bits per heavy atom. The lowest BCUT2D eigenvalue weighted by Gasteiger charge is -1.95. The van der Waals surface area contributed by atoms with Crippen LogP contribution in [0.3, 0.4) is 0 Å². The molecule has 1 aromatic carbocycles. The molecule has 0 amide bonds. The largest absolute Gasteiger partial charge is 0.256 e. The average Bonchev–Trinajstić information content (AvgIpc) is 2.32. The first-order chi connectivity index (χ1) is 7.40. The Kier molecular flexibility index (Phi) is 4.37. The van der Waals surface area contributed by atoms with Crippen molar-refractivity contribution in [3.05, 3.63) is 42.1 Å². The van der Waals surface area contributed by atoms with Gasteiger partial charge >= 0.3 is 0 Å². The van der Waals surface area contributed by atoms with Crippen molar-refractivity contribution < 1.29 is 0 Å². The van der Waals surface area contributed by atoms with Crippen LogP contribution in [0.1, 0.15) is 26.3 Å². The minimum atomic E-state index is 1.02. The van der Waals surface area contributed by atoms with E-state index in [2.05, 4.69) is 22.9 Å². The lowest BCUT2D eigenvalue weighted by Crippen LogP contribution is -1.79. The minimum absolute atomic E-state index is 1.02. The molecule has 0 aliphatic carbocycles. The topological polar surface area (TPSA) is 12.9 Å². The van der Waals surface area contributed by atoms with Crippen LogP contribution in [0.4, 0.5) is 0 Å². The van der Waals surface area contributed by atoms with Gasteiger partial charge in [0.1, 0.15) is 0 Å². The summed E-state index contributed by atoms with van der Waals surface area (Å²) in [6.45, 7) is 5.84. The van der Waals surface area contributed by atoms with Crippen LogP contribution in [-0.2, 0) is 0 Å². The van der Waals surface area contributed by atoms with E-state index in [1.54, 1.807) is 6.20 Å². The molecule has 1 nitrogen and oxygen atoms in total. The predicted molar refractivity (Wildman–Crippen MR) is 65.6 cm³/mol. The maximum Gasteiger partial charge on any atom is 0.0702 e. The molecule has 1 heteroatoms. The highest BCUT2D eigenvalue weighted by atomic mass is 14.6. The van der Waals surface area contributed by atoms with E-state index in [9.17, 15) is 0 Å². The first-order valence-electron chi connectivity index (χ1n) is 5.18. The van der Waals surface area contributed by atoms with Crippen LogP contribution < -0.4 is 0 Å². The zero-order valence-electron chi connectivity index (χ0n) is 9.41. The Morgan fingerprint density at radius 2 is 1.93 bits per heavy atom. The highest BCUT2D eigenvalue weighted by molar-refractivity contribution is 5.79. The maximum atomic E-state index is 4.23. The smallest absolute Gasteiger partial charge is 0.0702 e. The standard InChI is InChI=1S/C12H9N.C2H6/c1-2-4-10-6-7-12-11(9-10)5-3-8-13-12;1-2/h3,5-9H,1H3;1-2H3. The van der Waals surface area contributed by atoms with Crippen molar-refractivity contribution >= 4 is 10.9 Å². The van der Waals surface area contributed by atoms with E-state index in [0.717, 1.165) is 16.5 Å². The van der Waals surface area contributed by atoms with E-state index in [4.69, 9.17) is 0 Å². The third-order valence-electron chi connectivity index (χ3n) is 1.87. The Balaban J connectivity index is 0.000000531. The molecular formula is C14H15N. The van der Waals surface area contributed by atoms with Gasteiger partial charge in [0.2, 0.25) is 0 Å². The number of hydrogen-bond acceptors (Lipinski definition) is 1. The van der Waals surface area contributed by atoms with E-state index >= 15 is 0 Å². The first kappa shape index (κ1) is 11.3. The van der Waals surface area contributed by atoms with Crippen molar-refractivity contribution in [2.75, 3.05) is 0 Å². The summed E-state index contributed by atoms with van der Waals surface area (Å²) in [4.78, 5) is 4.23. The Hall–Kier alpha value is -1.81. The number of nitrogens with zero attached hydrogens (tertiary/aromatic N) is 1. The normalized spacial score (nSPS) is 8.47. The van der Waals surface area contributed by atoms with Crippen LogP contribution in [0, 0.1) is 11.8 Å². The molecule has 0 aliphatic rings. The molecule has 0 aliphatic heterocycles. The first-order valence-corrected chi connectivity index (χ1v) is 5.18. The third-order valence-corrected chi connectivity index (χ3v) is 1.87. The SMILES string of the molecule is CC.CC#Cc1ccc2ncccc2c1. The summed E-state index contributed by atoms with van der Waals surface area (Å²) in [6, 6.07) is 10.0. The molecule has 0 unspecified atom stereocenters. The molecule has 0 fully saturated rings. The van der Waals surface area contributed by atoms with Crippen LogP contribution in [-0.4, -0.2) is 4.98 Å². The molecule has 0 bridgehead atoms. The molecule has 1 aromatic heterocycles. The summed E-state index contributed by atoms with van der Waals surface area (Å²) in [6.07, 6.45) is 1.80. The molecule has 0 radical (unpaired) electrons. The summed E-state index contributed by atoms with van der Waals surface area (Å²) < 4.78 is 0. The molecule has 0 atom stereocenters. The fourth-order valence-corrected chi connectivity index (χ4v) is 1.30. The van der Waals surface area contributed by atoms with Gasteiger partial charge in [0.25, 0.3) is 0 Å². The quantitative estimate of drug-likeness (QED) is 0.588. The highest BCUT2D eigenvalue weighted by Crippen LogP contribution is 2.12. The number of aromatic nitrogens is 1. The van der Waals surface area contributed by atoms with Gasteiger partial charge in [-0.05, 0) is 31.2 Å². The maximum absolute atomic E-state index is 4.23. The van der Waals surface area contributed by atoms with E-state index in [1.807, 2.05) is 45.0 Å². The Morgan fingerprint density at radius 1 is 1.13 bits per heavy atom. The van der Waals surface area contributed by atoms with Gasteiger partial charge < -0.3 is 0 Å². The summed E-state index contributed by atoms with van der Waals surface area (Å²) in [5.74, 6) is 5.90. The van der Waals surface area contributed by atoms with Gasteiger partial charge in [-0.2, -0.15) is 0 Å². The van der Waals surface area contributed by atoms with E-state index in [-0.39, 0.29) is 0 Å². The third kappa shape index (κ3) is 2.82. The second kappa shape index (κ2) is 5.82. The van der Waals surface area contributed by atoms with Crippen LogP contribution in [0.2, 0.25) is 0 Å². The monoisotopic (exact) mass is 197 g/mol. The van der Waals surface area contributed by atoms with Crippen molar-refractivity contribution in [1.82, 2.24) is 4.98 Å². The zero-order valence-corrected chi connectivity index (χ0v) is 9.41. The summed E-state index contributed by atoms with van der Waals surface area (Å²) in [5, 5.41) is 1.14. The van der Waals surface area contributed by atoms with Gasteiger partial charge in [-0.3, -0.25) is 4.98 Å². The van der Waals surface area contributed by atoms with Crippen LogP contribution in [0.15, 0.2) is 36.5 Å². The van der Waals surface area contributed by atoms with Gasteiger partial charge in [-0.25, -0.2) is 0 Å². The van der Waals surface area contributed by atoms with Gasteiger partial charge in [-0.15, -0.1) is 5.92 Å². The van der Waals surface area contributed by atoms with Crippen LogP contribution >= 0.6 is 0 Å². The number of fused-ring (bicyclic) bond motifs is 1. The molecule has 15 heavy (non-hydrogen) atoms. The second-order valence-corrected chi connectivity index (χ2v) is 2.79. The molecule has 0 N–H and O–H groups in total. The highest BCUT2D eigenvalue weighted by Gasteiger charge is 1.92. The molecule has 0 saturated heterocycles. The van der Waals surface area contributed by atoms with Gasteiger partial charge in [0.15, 0.2) is 0 Å². The van der Waals surface area contributed by atoms with Crippen molar-refractivity contribution in [3.8, 4) is 11.8 Å². The Labute approximate surface area is 91.2 Å². The molecule has 2 aromatic rings. The lowest BCUT2D eigenvalue weighted by atomic mass is 10.1. The number of benzene rings is 1. The molecule has 0 saturated carbocycles. The van der Waals surface area contributed by atoms with Crippen molar-refractivity contribution in [2.45, 2.75) is 20.8 Å². The second-order valence-electron chi connectivity index (χ2n) is 2.79. The molecular weight excluding hydrogens is 182 g/mol. The number of pyridine rings is 1. The minimum Gasteiger partial charge on any atom is -0.256 e. The van der Waals surface area contributed by atoms with Gasteiger partial charge in [0.05, 0.1) is 5.52 Å². The van der Waals surface area contributed by atoms with Crippen LogP contribution in [0.5, 0.6) is 0 Å². The van der Waals surface area contributed by atoms with Crippen molar-refractivity contribution in [1.29, 1.82) is 0 Å². The fraction of sp³-hybridized carbons (Fsp3) is 0.214. The van der Waals surface area contributed by atoms with Gasteiger partial charge in [-0.1, -0.05) is 25.8 Å². The average molecular weight is 197 g/mol.